The molecule has 2 amide bonds. The average molecular weight is 315 g/mol. The minimum absolute atomic E-state index is 0.0160. The van der Waals surface area contributed by atoms with Gasteiger partial charge in [0.05, 0.1) is 5.02 Å². The summed E-state index contributed by atoms with van der Waals surface area (Å²) in [7, 11) is 0. The fourth-order valence-corrected chi connectivity index (χ4v) is 1.78. The Labute approximate surface area is 123 Å². The number of benzene rings is 2. The molecule has 3 nitrogen and oxygen atoms in total. The first kappa shape index (κ1) is 15.2. The summed E-state index contributed by atoms with van der Waals surface area (Å²) in [5.41, 5.74) is 0.293. The molecule has 0 aliphatic heterocycles. The first-order valence-electron chi connectivity index (χ1n) is 5.89. The summed E-state index contributed by atoms with van der Waals surface area (Å²) in [5.74, 6) is -1.83. The molecule has 0 heterocycles. The lowest BCUT2D eigenvalue weighted by Gasteiger charge is -2.09. The Bertz CT molecular complexity index is 679. The second kappa shape index (κ2) is 6.49. The van der Waals surface area contributed by atoms with E-state index in [4.69, 9.17) is 11.6 Å². The highest BCUT2D eigenvalue weighted by Gasteiger charge is 2.07. The zero-order chi connectivity index (χ0) is 15.4. The summed E-state index contributed by atoms with van der Waals surface area (Å²) < 4.78 is 39.3. The predicted molar refractivity (Wildman–Crippen MR) is 73.6 cm³/mol. The van der Waals surface area contributed by atoms with Crippen LogP contribution in [0.5, 0.6) is 0 Å². The molecule has 0 atom stereocenters. The van der Waals surface area contributed by atoms with E-state index in [9.17, 15) is 18.0 Å². The summed E-state index contributed by atoms with van der Waals surface area (Å²) in [4.78, 5) is 11.6. The van der Waals surface area contributed by atoms with E-state index in [1.807, 2.05) is 0 Å². The van der Waals surface area contributed by atoms with Crippen molar-refractivity contribution in [2.75, 3.05) is 5.32 Å². The normalized spacial score (nSPS) is 10.3. The Morgan fingerprint density at radius 1 is 1.05 bits per heavy atom. The lowest BCUT2D eigenvalue weighted by Crippen LogP contribution is -2.28. The van der Waals surface area contributed by atoms with Crippen LogP contribution < -0.4 is 10.6 Å². The van der Waals surface area contributed by atoms with Crippen LogP contribution in [0.1, 0.15) is 5.56 Å². The van der Waals surface area contributed by atoms with Crippen LogP contribution in [0.2, 0.25) is 5.02 Å². The van der Waals surface area contributed by atoms with Crippen LogP contribution in [0.3, 0.4) is 0 Å². The van der Waals surface area contributed by atoms with Crippen molar-refractivity contribution in [1.29, 1.82) is 0 Å². The number of halogens is 4. The second-order valence-corrected chi connectivity index (χ2v) is 4.58. The van der Waals surface area contributed by atoms with Crippen LogP contribution in [0, 0.1) is 17.5 Å². The molecule has 0 aliphatic carbocycles. The van der Waals surface area contributed by atoms with Crippen molar-refractivity contribution in [3.63, 3.8) is 0 Å². The minimum atomic E-state index is -0.652. The Morgan fingerprint density at radius 3 is 2.48 bits per heavy atom. The van der Waals surface area contributed by atoms with Crippen molar-refractivity contribution in [2.24, 2.45) is 0 Å². The number of nitrogens with one attached hydrogen (secondary N) is 2. The zero-order valence-corrected chi connectivity index (χ0v) is 11.3. The standard InChI is InChI=1S/C14H10ClF3N2O/c15-11-6-10(2-4-13(11)18)20-14(21)19-7-8-5-9(16)1-3-12(8)17/h1-6H,7H2,(H2,19,20,21). The maximum atomic E-state index is 13.3. The molecule has 21 heavy (non-hydrogen) atoms. The molecule has 0 fully saturated rings. The van der Waals surface area contributed by atoms with Crippen LogP contribution in [0.4, 0.5) is 23.7 Å². The Hall–Kier alpha value is -2.21. The maximum Gasteiger partial charge on any atom is 0.319 e. The quantitative estimate of drug-likeness (QED) is 0.880. The smallest absolute Gasteiger partial charge is 0.319 e. The van der Waals surface area contributed by atoms with E-state index in [-0.39, 0.29) is 22.8 Å². The minimum Gasteiger partial charge on any atom is -0.334 e. The number of rotatable bonds is 3. The van der Waals surface area contributed by atoms with Gasteiger partial charge in [-0.1, -0.05) is 11.6 Å². The van der Waals surface area contributed by atoms with Crippen molar-refractivity contribution < 1.29 is 18.0 Å². The molecule has 0 saturated carbocycles. The van der Waals surface area contributed by atoms with Gasteiger partial charge in [-0.15, -0.1) is 0 Å². The van der Waals surface area contributed by atoms with Crippen LogP contribution in [0.15, 0.2) is 36.4 Å². The fourth-order valence-electron chi connectivity index (χ4n) is 1.60. The largest absolute Gasteiger partial charge is 0.334 e. The lowest BCUT2D eigenvalue weighted by molar-refractivity contribution is 0.251. The molecule has 2 N–H and O–H groups in total. The number of amides is 2. The number of hydrogen-bond donors (Lipinski definition) is 2. The SMILES string of the molecule is O=C(NCc1cc(F)ccc1F)Nc1ccc(F)c(Cl)c1. The summed E-state index contributed by atoms with van der Waals surface area (Å²) in [5, 5.41) is 4.62. The molecule has 2 rings (SSSR count). The van der Waals surface area contributed by atoms with Crippen molar-refractivity contribution in [1.82, 2.24) is 5.32 Å². The number of urea groups is 1. The highest BCUT2D eigenvalue weighted by atomic mass is 35.5. The van der Waals surface area contributed by atoms with Crippen molar-refractivity contribution >= 4 is 23.3 Å². The Morgan fingerprint density at radius 2 is 1.76 bits per heavy atom. The van der Waals surface area contributed by atoms with Gasteiger partial charge in [0.2, 0.25) is 0 Å². The lowest BCUT2D eigenvalue weighted by atomic mass is 10.2. The van der Waals surface area contributed by atoms with Crippen LogP contribution in [-0.2, 0) is 6.54 Å². The van der Waals surface area contributed by atoms with E-state index in [1.165, 1.54) is 12.1 Å². The molecule has 0 aromatic heterocycles. The molecule has 7 heteroatoms. The predicted octanol–water partition coefficient (Wildman–Crippen LogP) is 4.08. The monoisotopic (exact) mass is 314 g/mol. The van der Waals surface area contributed by atoms with Crippen LogP contribution >= 0.6 is 11.6 Å². The number of anilines is 1. The topological polar surface area (TPSA) is 41.1 Å². The molecule has 0 radical (unpaired) electrons. The molecule has 2 aromatic carbocycles. The summed E-state index contributed by atoms with van der Waals surface area (Å²) in [6.45, 7) is -0.190. The Balaban J connectivity index is 1.95. The van der Waals surface area contributed by atoms with Crippen LogP contribution in [-0.4, -0.2) is 6.03 Å². The van der Waals surface area contributed by atoms with Gasteiger partial charge < -0.3 is 10.6 Å². The molecule has 110 valence electrons. The summed E-state index contributed by atoms with van der Waals surface area (Å²) in [6.07, 6.45) is 0. The molecular weight excluding hydrogens is 305 g/mol. The third kappa shape index (κ3) is 4.13. The molecule has 0 bridgehead atoms. The summed E-state index contributed by atoms with van der Waals surface area (Å²) in [6, 6.07) is 5.96. The summed E-state index contributed by atoms with van der Waals surface area (Å²) >= 11 is 5.57. The zero-order valence-electron chi connectivity index (χ0n) is 10.6. The van der Waals surface area contributed by atoms with E-state index >= 15 is 0 Å². The van der Waals surface area contributed by atoms with Crippen LogP contribution in [0.25, 0.3) is 0 Å². The fraction of sp³-hybridized carbons (Fsp3) is 0.0714. The van der Waals surface area contributed by atoms with E-state index in [0.29, 0.717) is 0 Å². The molecule has 0 saturated heterocycles. The first-order valence-corrected chi connectivity index (χ1v) is 6.27. The van der Waals surface area contributed by atoms with Crippen molar-refractivity contribution in [2.45, 2.75) is 6.54 Å². The van der Waals surface area contributed by atoms with Gasteiger partial charge in [-0.2, -0.15) is 0 Å². The first-order chi connectivity index (χ1) is 9.95. The maximum absolute atomic E-state index is 13.3. The van der Waals surface area contributed by atoms with Gasteiger partial charge >= 0.3 is 6.03 Å². The van der Waals surface area contributed by atoms with Gasteiger partial charge in [-0.05, 0) is 36.4 Å². The van der Waals surface area contributed by atoms with E-state index in [2.05, 4.69) is 10.6 Å². The third-order valence-electron chi connectivity index (χ3n) is 2.62. The highest BCUT2D eigenvalue weighted by molar-refractivity contribution is 6.31. The van der Waals surface area contributed by atoms with Crippen molar-refractivity contribution in [3.05, 3.63) is 64.4 Å². The van der Waals surface area contributed by atoms with E-state index in [1.54, 1.807) is 0 Å². The molecule has 0 spiro atoms. The van der Waals surface area contributed by atoms with Gasteiger partial charge in [-0.3, -0.25) is 0 Å². The average Bonchev–Trinajstić information content (AvgIpc) is 2.44. The number of hydrogen-bond acceptors (Lipinski definition) is 1. The molecule has 0 unspecified atom stereocenters. The number of carbonyl (C=O) groups is 1. The van der Waals surface area contributed by atoms with Gasteiger partial charge in [0.15, 0.2) is 0 Å². The van der Waals surface area contributed by atoms with E-state index < -0.39 is 23.5 Å². The highest BCUT2D eigenvalue weighted by Crippen LogP contribution is 2.19. The van der Waals surface area contributed by atoms with Gasteiger partial charge in [0, 0.05) is 17.8 Å². The molecule has 0 aliphatic rings. The van der Waals surface area contributed by atoms with Crippen molar-refractivity contribution in [3.8, 4) is 0 Å². The van der Waals surface area contributed by atoms with Gasteiger partial charge in [-0.25, -0.2) is 18.0 Å². The van der Waals surface area contributed by atoms with E-state index in [0.717, 1.165) is 24.3 Å². The third-order valence-corrected chi connectivity index (χ3v) is 2.91. The molecular formula is C14H10ClF3N2O. The van der Waals surface area contributed by atoms with Gasteiger partial charge in [0.25, 0.3) is 0 Å². The number of carbonyl (C=O) groups excluding carboxylic acids is 1. The second-order valence-electron chi connectivity index (χ2n) is 4.17. The molecule has 2 aromatic rings. The van der Waals surface area contributed by atoms with Gasteiger partial charge in [0.1, 0.15) is 17.5 Å². The Kier molecular flexibility index (Phi) is 4.70.